The molecule has 14 heavy (non-hydrogen) atoms. The van der Waals surface area contributed by atoms with E-state index in [4.69, 9.17) is 10.8 Å². The van der Waals surface area contributed by atoms with Crippen molar-refractivity contribution in [3.63, 3.8) is 0 Å². The second kappa shape index (κ2) is 4.93. The molecule has 3 N–H and O–H groups in total. The van der Waals surface area contributed by atoms with Gasteiger partial charge in [0.15, 0.2) is 0 Å². The predicted octanol–water partition coefficient (Wildman–Crippen LogP) is 1.97. The maximum Gasteiger partial charge on any atom is 0.335 e. The number of carboxylic acid groups (broad SMARTS) is 1. The Hall–Kier alpha value is -1.13. The van der Waals surface area contributed by atoms with Crippen LogP contribution in [-0.4, -0.2) is 11.1 Å². The Kier molecular flexibility index (Phi) is 4.53. The minimum absolute atomic E-state index is 0. The summed E-state index contributed by atoms with van der Waals surface area (Å²) in [6.45, 7) is 1.64. The normalized spacial score (nSPS) is 11.6. The zero-order chi connectivity index (χ0) is 10.0. The average Bonchev–Trinajstić information content (AvgIpc) is 2.03. The molecule has 78 valence electrons. The lowest BCUT2D eigenvalue weighted by atomic mass is 10.1. The van der Waals surface area contributed by atoms with E-state index in [1.807, 2.05) is 0 Å². The van der Waals surface area contributed by atoms with Crippen LogP contribution in [0.15, 0.2) is 18.2 Å². The van der Waals surface area contributed by atoms with Gasteiger partial charge in [0, 0.05) is 11.6 Å². The number of halogens is 2. The topological polar surface area (TPSA) is 63.3 Å². The maximum atomic E-state index is 13.1. The summed E-state index contributed by atoms with van der Waals surface area (Å²) < 4.78 is 13.1. The van der Waals surface area contributed by atoms with Gasteiger partial charge in [-0.05, 0) is 19.1 Å². The first kappa shape index (κ1) is 12.9. The monoisotopic (exact) mass is 219 g/mol. The van der Waals surface area contributed by atoms with Gasteiger partial charge in [0.2, 0.25) is 0 Å². The number of hydrogen-bond acceptors (Lipinski definition) is 2. The van der Waals surface area contributed by atoms with Crippen molar-refractivity contribution in [2.45, 2.75) is 13.0 Å². The molecule has 0 heterocycles. The molecular formula is C9H11ClFNO2. The van der Waals surface area contributed by atoms with Crippen molar-refractivity contribution >= 4 is 18.4 Å². The maximum absolute atomic E-state index is 13.1. The van der Waals surface area contributed by atoms with Crippen LogP contribution in [0.25, 0.3) is 0 Å². The van der Waals surface area contributed by atoms with Gasteiger partial charge in [-0.15, -0.1) is 12.4 Å². The van der Waals surface area contributed by atoms with Crippen LogP contribution in [0.5, 0.6) is 0 Å². The molecule has 1 rings (SSSR count). The van der Waals surface area contributed by atoms with Crippen LogP contribution in [0, 0.1) is 5.82 Å². The number of nitrogens with two attached hydrogens (primary N) is 1. The second-order valence-electron chi connectivity index (χ2n) is 2.83. The van der Waals surface area contributed by atoms with Crippen molar-refractivity contribution < 1.29 is 14.3 Å². The Balaban J connectivity index is 0.00000169. The fourth-order valence-electron chi connectivity index (χ4n) is 1.03. The fraction of sp³-hybridized carbons (Fsp3) is 0.222. The molecule has 1 unspecified atom stereocenters. The lowest BCUT2D eigenvalue weighted by molar-refractivity contribution is 0.0696. The van der Waals surface area contributed by atoms with Crippen molar-refractivity contribution in [2.75, 3.05) is 0 Å². The van der Waals surface area contributed by atoms with Gasteiger partial charge in [-0.2, -0.15) is 0 Å². The molecule has 0 saturated carbocycles. The van der Waals surface area contributed by atoms with Gasteiger partial charge in [0.05, 0.1) is 5.56 Å². The summed E-state index contributed by atoms with van der Waals surface area (Å²) in [5, 5.41) is 8.54. The van der Waals surface area contributed by atoms with E-state index in [1.54, 1.807) is 6.92 Å². The third-order valence-electron chi connectivity index (χ3n) is 1.74. The standard InChI is InChI=1S/C9H10FNO2.ClH/c1-5(11)7-3-2-6(9(12)13)4-8(7)10;/h2-5H,11H2,1H3,(H,12,13);1H. The quantitative estimate of drug-likeness (QED) is 0.799. The number of carbonyl (C=O) groups is 1. The Morgan fingerprint density at radius 1 is 1.57 bits per heavy atom. The Labute approximate surface area is 87.1 Å². The van der Waals surface area contributed by atoms with Gasteiger partial charge in [-0.1, -0.05) is 6.07 Å². The van der Waals surface area contributed by atoms with Crippen molar-refractivity contribution in [3.05, 3.63) is 35.1 Å². The highest BCUT2D eigenvalue weighted by atomic mass is 35.5. The summed E-state index contributed by atoms with van der Waals surface area (Å²) in [5.41, 5.74) is 5.71. The van der Waals surface area contributed by atoms with Crippen LogP contribution in [0.4, 0.5) is 4.39 Å². The molecular weight excluding hydrogens is 209 g/mol. The van der Waals surface area contributed by atoms with E-state index < -0.39 is 17.8 Å². The lowest BCUT2D eigenvalue weighted by Gasteiger charge is -2.06. The number of rotatable bonds is 2. The van der Waals surface area contributed by atoms with E-state index >= 15 is 0 Å². The van der Waals surface area contributed by atoms with E-state index in [1.165, 1.54) is 12.1 Å². The number of aromatic carboxylic acids is 1. The van der Waals surface area contributed by atoms with Crippen LogP contribution >= 0.6 is 12.4 Å². The van der Waals surface area contributed by atoms with Gasteiger partial charge < -0.3 is 10.8 Å². The Morgan fingerprint density at radius 3 is 2.50 bits per heavy atom. The molecule has 0 fully saturated rings. The zero-order valence-electron chi connectivity index (χ0n) is 7.53. The van der Waals surface area contributed by atoms with E-state index in [0.717, 1.165) is 6.07 Å². The van der Waals surface area contributed by atoms with Crippen molar-refractivity contribution in [1.29, 1.82) is 0 Å². The van der Waals surface area contributed by atoms with Crippen LogP contribution in [0.2, 0.25) is 0 Å². The fourth-order valence-corrected chi connectivity index (χ4v) is 1.03. The molecule has 0 aliphatic rings. The highest BCUT2D eigenvalue weighted by Gasteiger charge is 2.10. The molecule has 0 aliphatic carbocycles. The predicted molar refractivity (Wildman–Crippen MR) is 53.2 cm³/mol. The molecule has 0 bridgehead atoms. The van der Waals surface area contributed by atoms with E-state index in [-0.39, 0.29) is 18.0 Å². The summed E-state index contributed by atoms with van der Waals surface area (Å²) >= 11 is 0. The molecule has 1 atom stereocenters. The molecule has 0 aromatic heterocycles. The van der Waals surface area contributed by atoms with Gasteiger partial charge >= 0.3 is 5.97 Å². The van der Waals surface area contributed by atoms with Gasteiger partial charge in [-0.3, -0.25) is 0 Å². The largest absolute Gasteiger partial charge is 0.478 e. The van der Waals surface area contributed by atoms with Crippen molar-refractivity contribution in [3.8, 4) is 0 Å². The molecule has 0 saturated heterocycles. The van der Waals surface area contributed by atoms with E-state index in [2.05, 4.69) is 0 Å². The summed E-state index contributed by atoms with van der Waals surface area (Å²) in [6.07, 6.45) is 0. The first-order valence-electron chi connectivity index (χ1n) is 3.80. The summed E-state index contributed by atoms with van der Waals surface area (Å²) in [5.74, 6) is -1.72. The van der Waals surface area contributed by atoms with Crippen LogP contribution in [-0.2, 0) is 0 Å². The Morgan fingerprint density at radius 2 is 2.14 bits per heavy atom. The van der Waals surface area contributed by atoms with Crippen molar-refractivity contribution in [2.24, 2.45) is 5.73 Å². The molecule has 5 heteroatoms. The van der Waals surface area contributed by atoms with Gasteiger partial charge in [0.25, 0.3) is 0 Å². The summed E-state index contributed by atoms with van der Waals surface area (Å²) in [6, 6.07) is 3.28. The van der Waals surface area contributed by atoms with E-state index in [9.17, 15) is 9.18 Å². The third-order valence-corrected chi connectivity index (χ3v) is 1.74. The molecule has 0 spiro atoms. The Bertz CT molecular complexity index is 342. The highest BCUT2D eigenvalue weighted by Crippen LogP contribution is 2.15. The lowest BCUT2D eigenvalue weighted by Crippen LogP contribution is -2.08. The molecule has 3 nitrogen and oxygen atoms in total. The van der Waals surface area contributed by atoms with E-state index in [0.29, 0.717) is 5.56 Å². The number of hydrogen-bond donors (Lipinski definition) is 2. The summed E-state index contributed by atoms with van der Waals surface area (Å²) in [4.78, 5) is 10.4. The first-order chi connectivity index (χ1) is 6.02. The molecule has 0 radical (unpaired) electrons. The van der Waals surface area contributed by atoms with Gasteiger partial charge in [0.1, 0.15) is 5.82 Å². The van der Waals surface area contributed by atoms with Crippen LogP contribution in [0.3, 0.4) is 0 Å². The molecule has 1 aromatic carbocycles. The number of carboxylic acids is 1. The molecule has 1 aromatic rings. The molecule has 0 aliphatic heterocycles. The van der Waals surface area contributed by atoms with Crippen molar-refractivity contribution in [1.82, 2.24) is 0 Å². The van der Waals surface area contributed by atoms with Crippen LogP contribution < -0.4 is 5.73 Å². The summed E-state index contributed by atoms with van der Waals surface area (Å²) in [7, 11) is 0. The second-order valence-corrected chi connectivity index (χ2v) is 2.83. The highest BCUT2D eigenvalue weighted by molar-refractivity contribution is 5.87. The smallest absolute Gasteiger partial charge is 0.335 e. The SMILES string of the molecule is CC(N)c1ccc(C(=O)O)cc1F.Cl. The third kappa shape index (κ3) is 2.68. The minimum Gasteiger partial charge on any atom is -0.478 e. The van der Waals surface area contributed by atoms with Crippen LogP contribution in [0.1, 0.15) is 28.9 Å². The number of benzene rings is 1. The first-order valence-corrected chi connectivity index (χ1v) is 3.80. The average molecular weight is 220 g/mol. The zero-order valence-corrected chi connectivity index (χ0v) is 8.34. The van der Waals surface area contributed by atoms with Gasteiger partial charge in [-0.25, -0.2) is 9.18 Å². The molecule has 0 amide bonds. The minimum atomic E-state index is -1.14.